The van der Waals surface area contributed by atoms with E-state index in [2.05, 4.69) is 22.2 Å². The molecule has 1 aromatic carbocycles. The summed E-state index contributed by atoms with van der Waals surface area (Å²) in [6, 6.07) is 7.15. The standard InChI is InChI=1S/C20H26ClN3O3/c1-22-24(20(26)27)19(11-15-25)17-9-13-23(14-10-17)12-3-2-4-16-5-7-18(21)8-6-16/h5-8,15,17,19,22H,3,9-14H2,1H3,(H,26,27). The van der Waals surface area contributed by atoms with Crippen LogP contribution < -0.4 is 5.43 Å². The molecule has 1 fully saturated rings. The van der Waals surface area contributed by atoms with Crippen molar-refractivity contribution in [1.29, 1.82) is 0 Å². The number of amides is 1. The van der Waals surface area contributed by atoms with E-state index in [9.17, 15) is 14.7 Å². The molecule has 0 aromatic heterocycles. The molecule has 7 heteroatoms. The van der Waals surface area contributed by atoms with Gasteiger partial charge in [0.15, 0.2) is 0 Å². The van der Waals surface area contributed by atoms with E-state index in [4.69, 9.17) is 11.6 Å². The van der Waals surface area contributed by atoms with Gasteiger partial charge in [0.25, 0.3) is 0 Å². The summed E-state index contributed by atoms with van der Waals surface area (Å²) in [7, 11) is 1.57. The van der Waals surface area contributed by atoms with Crippen molar-refractivity contribution in [3.63, 3.8) is 0 Å². The predicted octanol–water partition coefficient (Wildman–Crippen LogP) is 2.87. The number of nitrogens with zero attached hydrogens (tertiary/aromatic N) is 2. The van der Waals surface area contributed by atoms with E-state index in [0.717, 1.165) is 55.8 Å². The third-order valence-corrected chi connectivity index (χ3v) is 5.17. The van der Waals surface area contributed by atoms with Gasteiger partial charge in [-0.3, -0.25) is 0 Å². The van der Waals surface area contributed by atoms with Gasteiger partial charge in [-0.15, -0.1) is 0 Å². The molecule has 1 amide bonds. The van der Waals surface area contributed by atoms with E-state index in [0.29, 0.717) is 5.02 Å². The van der Waals surface area contributed by atoms with Crippen LogP contribution in [0.5, 0.6) is 0 Å². The van der Waals surface area contributed by atoms with E-state index >= 15 is 0 Å². The van der Waals surface area contributed by atoms with Crippen molar-refractivity contribution in [2.24, 2.45) is 5.92 Å². The lowest BCUT2D eigenvalue weighted by Gasteiger charge is -2.39. The molecule has 6 nitrogen and oxygen atoms in total. The average Bonchev–Trinajstić information content (AvgIpc) is 2.67. The molecule has 1 atom stereocenters. The minimum absolute atomic E-state index is 0.176. The number of piperidine rings is 1. The molecule has 1 aliphatic rings. The topological polar surface area (TPSA) is 72.9 Å². The van der Waals surface area contributed by atoms with Crippen molar-refractivity contribution >= 4 is 24.0 Å². The number of halogens is 1. The van der Waals surface area contributed by atoms with E-state index in [1.165, 1.54) is 0 Å². The fourth-order valence-corrected chi connectivity index (χ4v) is 3.61. The lowest BCUT2D eigenvalue weighted by Crippen LogP contribution is -2.52. The van der Waals surface area contributed by atoms with Crippen LogP contribution >= 0.6 is 11.6 Å². The number of rotatable bonds is 7. The van der Waals surface area contributed by atoms with Crippen molar-refractivity contribution in [1.82, 2.24) is 15.3 Å². The Bertz CT molecular complexity index is 676. The van der Waals surface area contributed by atoms with Crippen LogP contribution in [0.3, 0.4) is 0 Å². The number of carboxylic acid groups (broad SMARTS) is 1. The Morgan fingerprint density at radius 1 is 1.41 bits per heavy atom. The van der Waals surface area contributed by atoms with Crippen LogP contribution in [0.2, 0.25) is 5.02 Å². The summed E-state index contributed by atoms with van der Waals surface area (Å²) < 4.78 is 0. The molecule has 0 bridgehead atoms. The maximum atomic E-state index is 11.4. The maximum Gasteiger partial charge on any atom is 0.422 e. The summed E-state index contributed by atoms with van der Waals surface area (Å²) >= 11 is 5.86. The SMILES string of the molecule is CNN(C(=O)O)C(CC=O)C1CCN(CCC#Cc2ccc(Cl)cc2)CC1. The second-order valence-electron chi connectivity index (χ2n) is 6.58. The van der Waals surface area contributed by atoms with E-state index in [1.807, 2.05) is 24.3 Å². The molecular formula is C20H26ClN3O3. The monoisotopic (exact) mass is 391 g/mol. The molecular weight excluding hydrogens is 366 g/mol. The Balaban J connectivity index is 1.81. The number of hydrazine groups is 1. The number of nitrogens with one attached hydrogen (secondary N) is 1. The smallest absolute Gasteiger partial charge is 0.422 e. The quantitative estimate of drug-likeness (QED) is 0.425. The van der Waals surface area contributed by atoms with Gasteiger partial charge < -0.3 is 14.8 Å². The summed E-state index contributed by atoms with van der Waals surface area (Å²) in [5.41, 5.74) is 3.64. The third kappa shape index (κ3) is 6.55. The third-order valence-electron chi connectivity index (χ3n) is 4.92. The summed E-state index contributed by atoms with van der Waals surface area (Å²) in [6.45, 7) is 2.67. The first-order valence-corrected chi connectivity index (χ1v) is 9.53. The minimum atomic E-state index is -1.05. The Labute approximate surface area is 165 Å². The molecule has 0 aliphatic carbocycles. The average molecular weight is 392 g/mol. The van der Waals surface area contributed by atoms with Crippen molar-refractivity contribution in [2.75, 3.05) is 26.7 Å². The Hall–Kier alpha value is -2.07. The first kappa shape index (κ1) is 21.2. The van der Waals surface area contributed by atoms with Crippen LogP contribution in [0.15, 0.2) is 24.3 Å². The second kappa shape index (κ2) is 10.9. The highest BCUT2D eigenvalue weighted by Gasteiger charge is 2.32. The first-order valence-electron chi connectivity index (χ1n) is 9.15. The van der Waals surface area contributed by atoms with Gasteiger partial charge in [0.05, 0.1) is 6.04 Å². The number of aldehydes is 1. The number of carbonyl (C=O) groups is 2. The molecule has 146 valence electrons. The number of hydrogen-bond acceptors (Lipinski definition) is 4. The molecule has 2 N–H and O–H groups in total. The number of hydrogen-bond donors (Lipinski definition) is 2. The Morgan fingerprint density at radius 2 is 2.07 bits per heavy atom. The van der Waals surface area contributed by atoms with E-state index in [1.54, 1.807) is 7.05 Å². The van der Waals surface area contributed by atoms with Crippen molar-refractivity contribution in [2.45, 2.75) is 31.7 Å². The van der Waals surface area contributed by atoms with Gasteiger partial charge in [0, 0.05) is 37.0 Å². The fourth-order valence-electron chi connectivity index (χ4n) is 3.48. The van der Waals surface area contributed by atoms with E-state index in [-0.39, 0.29) is 18.4 Å². The highest BCUT2D eigenvalue weighted by atomic mass is 35.5. The van der Waals surface area contributed by atoms with Crippen LogP contribution in [-0.4, -0.2) is 60.1 Å². The van der Waals surface area contributed by atoms with Gasteiger partial charge in [-0.2, -0.15) is 0 Å². The van der Waals surface area contributed by atoms with Gasteiger partial charge in [0.1, 0.15) is 6.29 Å². The number of benzene rings is 1. The van der Waals surface area contributed by atoms with Crippen LogP contribution in [-0.2, 0) is 4.79 Å². The lowest BCUT2D eigenvalue weighted by molar-refractivity contribution is -0.109. The normalized spacial score (nSPS) is 16.2. The Morgan fingerprint density at radius 3 is 2.63 bits per heavy atom. The predicted molar refractivity (Wildman–Crippen MR) is 106 cm³/mol. The summed E-state index contributed by atoms with van der Waals surface area (Å²) in [6.07, 6.45) is 2.48. The molecule has 2 rings (SSSR count). The summed E-state index contributed by atoms with van der Waals surface area (Å²) in [4.78, 5) is 24.7. The van der Waals surface area contributed by atoms with E-state index < -0.39 is 6.09 Å². The Kier molecular flexibility index (Phi) is 8.59. The molecule has 1 aliphatic heterocycles. The maximum absolute atomic E-state index is 11.4. The molecule has 0 saturated carbocycles. The molecule has 1 heterocycles. The highest BCUT2D eigenvalue weighted by molar-refractivity contribution is 6.30. The fraction of sp³-hybridized carbons (Fsp3) is 0.500. The van der Waals surface area contributed by atoms with Crippen molar-refractivity contribution in [3.8, 4) is 11.8 Å². The zero-order valence-electron chi connectivity index (χ0n) is 15.5. The minimum Gasteiger partial charge on any atom is -0.464 e. The molecule has 1 aromatic rings. The van der Waals surface area contributed by atoms with Gasteiger partial charge in [-0.25, -0.2) is 15.2 Å². The lowest BCUT2D eigenvalue weighted by atomic mass is 9.87. The number of likely N-dealkylation sites (tertiary alicyclic amines) is 1. The van der Waals surface area contributed by atoms with Crippen molar-refractivity contribution < 1.29 is 14.7 Å². The van der Waals surface area contributed by atoms with Gasteiger partial charge in [-0.05, 0) is 56.1 Å². The molecule has 0 spiro atoms. The zero-order valence-corrected chi connectivity index (χ0v) is 16.3. The first-order chi connectivity index (χ1) is 13.0. The molecule has 0 radical (unpaired) electrons. The van der Waals surface area contributed by atoms with Crippen LogP contribution in [0.25, 0.3) is 0 Å². The van der Waals surface area contributed by atoms with Gasteiger partial charge in [0.2, 0.25) is 0 Å². The zero-order chi connectivity index (χ0) is 19.6. The largest absolute Gasteiger partial charge is 0.464 e. The van der Waals surface area contributed by atoms with Crippen LogP contribution in [0.1, 0.15) is 31.2 Å². The molecule has 1 saturated heterocycles. The summed E-state index contributed by atoms with van der Waals surface area (Å²) in [5.74, 6) is 6.50. The van der Waals surface area contributed by atoms with Gasteiger partial charge in [-0.1, -0.05) is 23.4 Å². The van der Waals surface area contributed by atoms with Gasteiger partial charge >= 0.3 is 6.09 Å². The highest BCUT2D eigenvalue weighted by Crippen LogP contribution is 2.25. The van der Waals surface area contributed by atoms with Crippen molar-refractivity contribution in [3.05, 3.63) is 34.9 Å². The molecule has 1 unspecified atom stereocenters. The number of carbonyl (C=O) groups excluding carboxylic acids is 1. The molecule has 27 heavy (non-hydrogen) atoms. The summed E-state index contributed by atoms with van der Waals surface area (Å²) in [5, 5.41) is 11.2. The second-order valence-corrected chi connectivity index (χ2v) is 7.02. The van der Waals surface area contributed by atoms with Crippen LogP contribution in [0.4, 0.5) is 4.79 Å². The van der Waals surface area contributed by atoms with Crippen LogP contribution in [0, 0.1) is 17.8 Å².